The summed E-state index contributed by atoms with van der Waals surface area (Å²) in [7, 11) is 0. The molecule has 0 radical (unpaired) electrons. The fourth-order valence-electron chi connectivity index (χ4n) is 3.28. The predicted octanol–water partition coefficient (Wildman–Crippen LogP) is 4.59. The first-order valence-electron chi connectivity index (χ1n) is 10.2. The van der Waals surface area contributed by atoms with Crippen LogP contribution in [0.25, 0.3) is 10.6 Å². The molecule has 1 N–H and O–H groups in total. The molecule has 4 rings (SSSR count). The number of aryl methyl sites for hydroxylation is 1. The molecule has 0 aliphatic carbocycles. The fourth-order valence-corrected chi connectivity index (χ4v) is 4.03. The number of aromatic nitrogens is 3. The minimum Gasteiger partial charge on any atom is -0.488 e. The number of carbonyl (C=O) groups excluding carboxylic acids is 1. The average molecular weight is 478 g/mol. The van der Waals surface area contributed by atoms with Crippen LogP contribution in [-0.2, 0) is 10.9 Å². The van der Waals surface area contributed by atoms with Crippen LogP contribution < -0.4 is 10.1 Å². The molecule has 1 amide bonds. The Morgan fingerprint density at radius 1 is 1.21 bits per heavy atom. The first-order valence-corrected chi connectivity index (χ1v) is 11.0. The maximum atomic E-state index is 13.0. The Labute approximate surface area is 192 Å². The molecule has 7 nitrogen and oxygen atoms in total. The zero-order chi connectivity index (χ0) is 23.6. The van der Waals surface area contributed by atoms with Gasteiger partial charge in [0.15, 0.2) is 0 Å². The number of benzene rings is 1. The van der Waals surface area contributed by atoms with Gasteiger partial charge in [-0.2, -0.15) is 13.2 Å². The van der Waals surface area contributed by atoms with Crippen LogP contribution in [0.2, 0.25) is 0 Å². The van der Waals surface area contributed by atoms with Gasteiger partial charge in [-0.3, -0.25) is 4.79 Å². The zero-order valence-corrected chi connectivity index (χ0v) is 18.7. The minimum absolute atomic E-state index is 0.0996. The Balaban J connectivity index is 1.56. The topological polar surface area (TPSA) is 86.2 Å². The smallest absolute Gasteiger partial charge is 0.451 e. The molecular formula is C22H21F3N4O3S. The lowest BCUT2D eigenvalue weighted by atomic mass is 10.1. The van der Waals surface area contributed by atoms with Gasteiger partial charge >= 0.3 is 6.18 Å². The van der Waals surface area contributed by atoms with Gasteiger partial charge in [0.2, 0.25) is 5.82 Å². The number of thiazole rings is 1. The summed E-state index contributed by atoms with van der Waals surface area (Å²) in [5, 5.41) is 3.53. The lowest BCUT2D eigenvalue weighted by molar-refractivity contribution is -0.145. The van der Waals surface area contributed by atoms with E-state index in [9.17, 15) is 18.0 Å². The number of hydrogen-bond donors (Lipinski definition) is 1. The van der Waals surface area contributed by atoms with Crippen LogP contribution in [0.15, 0.2) is 36.8 Å². The van der Waals surface area contributed by atoms with E-state index in [-0.39, 0.29) is 6.10 Å². The maximum absolute atomic E-state index is 13.0. The molecule has 11 heteroatoms. The molecule has 1 aliphatic rings. The Morgan fingerprint density at radius 2 is 1.97 bits per heavy atom. The van der Waals surface area contributed by atoms with Crippen molar-refractivity contribution in [2.45, 2.75) is 38.6 Å². The first kappa shape index (κ1) is 23.1. The molecule has 3 heterocycles. The third kappa shape index (κ3) is 5.66. The molecule has 1 saturated heterocycles. The number of ether oxygens (including phenoxy) is 2. The molecule has 2 aromatic heterocycles. The summed E-state index contributed by atoms with van der Waals surface area (Å²) >= 11 is 1.50. The third-order valence-corrected chi connectivity index (χ3v) is 5.96. The summed E-state index contributed by atoms with van der Waals surface area (Å²) in [6.45, 7) is 4.69. The SMILES string of the molecule is Cc1cnc(-c2cc(O[C@@H]3CCOC3)cc(C(=O)NC(C)c3cnc(C(F)(F)F)nc3)c2)s1. The van der Waals surface area contributed by atoms with Crippen molar-refractivity contribution in [2.24, 2.45) is 0 Å². The van der Waals surface area contributed by atoms with E-state index in [2.05, 4.69) is 20.3 Å². The van der Waals surface area contributed by atoms with Gasteiger partial charge in [-0.15, -0.1) is 11.3 Å². The highest BCUT2D eigenvalue weighted by Gasteiger charge is 2.34. The van der Waals surface area contributed by atoms with Crippen molar-refractivity contribution in [2.75, 3.05) is 13.2 Å². The van der Waals surface area contributed by atoms with Crippen molar-refractivity contribution in [1.82, 2.24) is 20.3 Å². The van der Waals surface area contributed by atoms with Crippen molar-refractivity contribution in [3.8, 4) is 16.3 Å². The number of nitrogens with one attached hydrogen (secondary N) is 1. The standard InChI is InChI=1S/C22H21F3N4O3S/c1-12-8-26-20(33-12)15-5-14(6-18(7-15)32-17-3-4-31-11-17)19(30)29-13(2)16-9-27-21(28-10-16)22(23,24)25/h5-10,13,17H,3-4,11H2,1-2H3,(H,29,30)/t13?,17-/m1/s1. The Bertz CT molecular complexity index is 1130. The van der Waals surface area contributed by atoms with Crippen LogP contribution in [0, 0.1) is 6.92 Å². The largest absolute Gasteiger partial charge is 0.488 e. The first-order chi connectivity index (χ1) is 15.7. The number of amides is 1. The Hall–Kier alpha value is -3.05. The van der Waals surface area contributed by atoms with Crippen LogP contribution >= 0.6 is 11.3 Å². The van der Waals surface area contributed by atoms with Gasteiger partial charge in [0.1, 0.15) is 16.9 Å². The highest BCUT2D eigenvalue weighted by molar-refractivity contribution is 7.14. The number of halogens is 3. The average Bonchev–Trinajstić information content (AvgIpc) is 3.44. The number of nitrogens with zero attached hydrogens (tertiary/aromatic N) is 3. The second kappa shape index (κ2) is 9.44. The highest BCUT2D eigenvalue weighted by atomic mass is 32.1. The molecule has 1 aromatic carbocycles. The van der Waals surface area contributed by atoms with Gasteiger partial charge in [-0.05, 0) is 32.0 Å². The van der Waals surface area contributed by atoms with Gasteiger partial charge in [0.25, 0.3) is 5.91 Å². The van der Waals surface area contributed by atoms with Crippen LogP contribution in [0.3, 0.4) is 0 Å². The molecular weight excluding hydrogens is 457 g/mol. The quantitative estimate of drug-likeness (QED) is 0.558. The van der Waals surface area contributed by atoms with E-state index < -0.39 is 23.9 Å². The van der Waals surface area contributed by atoms with Crippen molar-refractivity contribution in [1.29, 1.82) is 0 Å². The Kier molecular flexibility index (Phi) is 6.61. The van der Waals surface area contributed by atoms with Crippen molar-refractivity contribution in [3.63, 3.8) is 0 Å². The zero-order valence-electron chi connectivity index (χ0n) is 17.8. The van der Waals surface area contributed by atoms with E-state index in [1.165, 1.54) is 11.3 Å². The number of hydrogen-bond acceptors (Lipinski definition) is 7. The minimum atomic E-state index is -4.62. The normalized spacial score (nSPS) is 17.1. The van der Waals surface area contributed by atoms with E-state index >= 15 is 0 Å². The van der Waals surface area contributed by atoms with Gasteiger partial charge in [0, 0.05) is 46.6 Å². The van der Waals surface area contributed by atoms with E-state index in [1.807, 2.05) is 13.0 Å². The van der Waals surface area contributed by atoms with Crippen LogP contribution in [0.4, 0.5) is 13.2 Å². The molecule has 174 valence electrons. The summed E-state index contributed by atoms with van der Waals surface area (Å²) in [5.41, 5.74) is 1.43. The fraction of sp³-hybridized carbons (Fsp3) is 0.364. The molecule has 33 heavy (non-hydrogen) atoms. The van der Waals surface area contributed by atoms with Gasteiger partial charge < -0.3 is 14.8 Å². The second-order valence-corrected chi connectivity index (χ2v) is 8.89. The molecule has 1 unspecified atom stereocenters. The van der Waals surface area contributed by atoms with E-state index in [0.29, 0.717) is 30.1 Å². The summed E-state index contributed by atoms with van der Waals surface area (Å²) in [6.07, 6.45) is -0.0931. The summed E-state index contributed by atoms with van der Waals surface area (Å²) in [4.78, 5) is 25.1. The lowest BCUT2D eigenvalue weighted by Gasteiger charge is -2.17. The molecule has 3 aromatic rings. The number of alkyl halides is 3. The molecule has 1 aliphatic heterocycles. The summed E-state index contributed by atoms with van der Waals surface area (Å²) in [5.74, 6) is -1.12. The van der Waals surface area contributed by atoms with E-state index in [0.717, 1.165) is 34.3 Å². The van der Waals surface area contributed by atoms with Crippen LogP contribution in [0.5, 0.6) is 5.75 Å². The summed E-state index contributed by atoms with van der Waals surface area (Å²) < 4.78 is 49.5. The molecule has 1 fully saturated rings. The highest BCUT2D eigenvalue weighted by Crippen LogP contribution is 2.31. The number of rotatable bonds is 6. The van der Waals surface area contributed by atoms with Crippen molar-refractivity contribution >= 4 is 17.2 Å². The maximum Gasteiger partial charge on any atom is 0.451 e. The van der Waals surface area contributed by atoms with E-state index in [4.69, 9.17) is 9.47 Å². The molecule has 0 saturated carbocycles. The van der Waals surface area contributed by atoms with Gasteiger partial charge in [-0.1, -0.05) is 0 Å². The predicted molar refractivity (Wildman–Crippen MR) is 115 cm³/mol. The van der Waals surface area contributed by atoms with E-state index in [1.54, 1.807) is 25.3 Å². The molecule has 0 spiro atoms. The Morgan fingerprint density at radius 3 is 2.58 bits per heavy atom. The molecule has 2 atom stereocenters. The molecule has 0 bridgehead atoms. The summed E-state index contributed by atoms with van der Waals surface area (Å²) in [6, 6.07) is 4.56. The van der Waals surface area contributed by atoms with Crippen molar-refractivity contribution in [3.05, 3.63) is 58.6 Å². The van der Waals surface area contributed by atoms with Gasteiger partial charge in [-0.25, -0.2) is 15.0 Å². The second-order valence-electron chi connectivity index (χ2n) is 7.66. The monoisotopic (exact) mass is 478 g/mol. The van der Waals surface area contributed by atoms with Crippen LogP contribution in [0.1, 0.15) is 46.0 Å². The van der Waals surface area contributed by atoms with Crippen LogP contribution in [-0.4, -0.2) is 40.2 Å². The third-order valence-electron chi connectivity index (χ3n) is 5.00. The number of carbonyl (C=O) groups is 1. The van der Waals surface area contributed by atoms with Gasteiger partial charge in [0.05, 0.1) is 19.3 Å². The van der Waals surface area contributed by atoms with Crippen molar-refractivity contribution < 1.29 is 27.4 Å². The lowest BCUT2D eigenvalue weighted by Crippen LogP contribution is -2.27.